The Morgan fingerprint density at radius 1 is 0.842 bits per heavy atom. The number of nitrogens with zero attached hydrogens (tertiary/aromatic N) is 1. The van der Waals surface area contributed by atoms with Gasteiger partial charge in [0.1, 0.15) is 35.5 Å². The van der Waals surface area contributed by atoms with E-state index in [-0.39, 0.29) is 24.2 Å². The van der Waals surface area contributed by atoms with Crippen molar-refractivity contribution < 1.29 is 14.3 Å². The van der Waals surface area contributed by atoms with Crippen LogP contribution in [0.15, 0.2) is 66.7 Å². The number of carbonyl (C=O) groups is 1. The van der Waals surface area contributed by atoms with E-state index in [0.29, 0.717) is 59.5 Å². The lowest BCUT2D eigenvalue weighted by molar-refractivity contribution is 0.0687. The van der Waals surface area contributed by atoms with Crippen LogP contribution in [-0.4, -0.2) is 42.1 Å². The molecule has 3 aromatic rings. The minimum absolute atomic E-state index is 0.0128. The molecule has 0 unspecified atom stereocenters. The zero-order valence-corrected chi connectivity index (χ0v) is 21.3. The average molecular weight is 515 g/mol. The molecule has 38 heavy (non-hydrogen) atoms. The first-order valence-corrected chi connectivity index (χ1v) is 12.6. The molecule has 1 aliphatic rings. The van der Waals surface area contributed by atoms with Gasteiger partial charge in [0.05, 0.1) is 0 Å². The zero-order valence-electron chi connectivity index (χ0n) is 21.3. The largest absolute Gasteiger partial charge is 0.489 e. The van der Waals surface area contributed by atoms with E-state index < -0.39 is 0 Å². The van der Waals surface area contributed by atoms with Crippen LogP contribution in [0.2, 0.25) is 0 Å². The summed E-state index contributed by atoms with van der Waals surface area (Å²) in [6.45, 7) is 2.28. The molecule has 0 aromatic heterocycles. The molecule has 0 saturated carbocycles. The lowest BCUT2D eigenvalue weighted by Gasteiger charge is -2.32. The standard InChI is InChI=1S/C29H34N6O3/c30-11-8-19-9-12-35(13-10-19)29(36)23-15-25(37-18-20-2-1-3-22(14-20)28(33)34)17-26(16-23)38-24-6-4-21(5-7-24)27(31)32/h1-7,14-17,19H,8-13,18,30H2,(H3,31,32)(H3,33,34). The Balaban J connectivity index is 1.56. The molecule has 0 atom stereocenters. The SMILES string of the molecule is N=C(N)c1ccc(Oc2cc(OCc3cccc(C(=N)N)c3)cc(C(=O)N3CCC(CCN)CC3)c2)cc1. The number of ether oxygens (including phenoxy) is 2. The maximum Gasteiger partial charge on any atom is 0.254 e. The molecular weight excluding hydrogens is 480 g/mol. The Bertz CT molecular complexity index is 1300. The molecule has 0 radical (unpaired) electrons. The molecule has 8 N–H and O–H groups in total. The van der Waals surface area contributed by atoms with Crippen molar-refractivity contribution in [2.24, 2.45) is 23.1 Å². The lowest BCUT2D eigenvalue weighted by Crippen LogP contribution is -2.38. The summed E-state index contributed by atoms with van der Waals surface area (Å²) in [6.07, 6.45) is 2.87. The topological polar surface area (TPSA) is 165 Å². The summed E-state index contributed by atoms with van der Waals surface area (Å²) in [7, 11) is 0. The molecule has 9 nitrogen and oxygen atoms in total. The van der Waals surface area contributed by atoms with Gasteiger partial charge in [-0.15, -0.1) is 0 Å². The highest BCUT2D eigenvalue weighted by molar-refractivity contribution is 5.96. The maximum absolute atomic E-state index is 13.4. The monoisotopic (exact) mass is 514 g/mol. The molecule has 1 fully saturated rings. The first-order valence-electron chi connectivity index (χ1n) is 12.6. The maximum atomic E-state index is 13.4. The van der Waals surface area contributed by atoms with Crippen molar-refractivity contribution in [3.05, 3.63) is 89.0 Å². The Hall–Kier alpha value is -4.37. The first kappa shape index (κ1) is 26.7. The van der Waals surface area contributed by atoms with Crippen molar-refractivity contribution in [1.29, 1.82) is 10.8 Å². The van der Waals surface area contributed by atoms with Gasteiger partial charge in [-0.1, -0.05) is 18.2 Å². The summed E-state index contributed by atoms with van der Waals surface area (Å²) >= 11 is 0. The van der Waals surface area contributed by atoms with Crippen LogP contribution >= 0.6 is 0 Å². The number of amides is 1. The molecule has 1 saturated heterocycles. The second kappa shape index (κ2) is 12.2. The van der Waals surface area contributed by atoms with E-state index in [9.17, 15) is 4.79 Å². The number of amidine groups is 2. The highest BCUT2D eigenvalue weighted by Crippen LogP contribution is 2.30. The normalized spacial score (nSPS) is 13.7. The van der Waals surface area contributed by atoms with Crippen molar-refractivity contribution in [2.75, 3.05) is 19.6 Å². The van der Waals surface area contributed by atoms with E-state index in [1.54, 1.807) is 54.6 Å². The average Bonchev–Trinajstić information content (AvgIpc) is 2.92. The van der Waals surface area contributed by atoms with E-state index in [4.69, 9.17) is 37.5 Å². The van der Waals surface area contributed by atoms with Gasteiger partial charge in [-0.25, -0.2) is 0 Å². The van der Waals surface area contributed by atoms with Crippen LogP contribution in [0.1, 0.15) is 46.3 Å². The number of nitrogen functional groups attached to an aromatic ring is 2. The summed E-state index contributed by atoms with van der Waals surface area (Å²) in [4.78, 5) is 15.3. The molecule has 198 valence electrons. The van der Waals surface area contributed by atoms with E-state index in [0.717, 1.165) is 24.8 Å². The zero-order chi connectivity index (χ0) is 27.1. The second-order valence-electron chi connectivity index (χ2n) is 9.45. The molecule has 0 aliphatic carbocycles. The molecule has 1 heterocycles. The van der Waals surface area contributed by atoms with Gasteiger partial charge in [-0.2, -0.15) is 0 Å². The molecule has 0 spiro atoms. The fraction of sp³-hybridized carbons (Fsp3) is 0.276. The number of benzene rings is 3. The minimum atomic E-state index is -0.0722. The van der Waals surface area contributed by atoms with Gasteiger partial charge in [0.15, 0.2) is 0 Å². The quantitative estimate of drug-likeness (QED) is 0.204. The van der Waals surface area contributed by atoms with Gasteiger partial charge in [-0.3, -0.25) is 15.6 Å². The summed E-state index contributed by atoms with van der Waals surface area (Å²) in [5.41, 5.74) is 19.4. The number of piperidine rings is 1. The van der Waals surface area contributed by atoms with E-state index in [1.165, 1.54) is 0 Å². The molecule has 1 aliphatic heterocycles. The van der Waals surface area contributed by atoms with E-state index in [1.807, 2.05) is 17.0 Å². The van der Waals surface area contributed by atoms with Crippen molar-refractivity contribution >= 4 is 17.6 Å². The summed E-state index contributed by atoms with van der Waals surface area (Å²) in [5, 5.41) is 15.2. The van der Waals surface area contributed by atoms with Gasteiger partial charge in [-0.05, 0) is 79.8 Å². The molecule has 1 amide bonds. The Kier molecular flexibility index (Phi) is 8.60. The van der Waals surface area contributed by atoms with Crippen LogP contribution in [0.4, 0.5) is 0 Å². The molecule has 3 aromatic carbocycles. The highest BCUT2D eigenvalue weighted by Gasteiger charge is 2.24. The van der Waals surface area contributed by atoms with Crippen LogP contribution in [0, 0.1) is 16.7 Å². The highest BCUT2D eigenvalue weighted by atomic mass is 16.5. The lowest BCUT2D eigenvalue weighted by atomic mass is 9.93. The van der Waals surface area contributed by atoms with Gasteiger partial charge in [0.25, 0.3) is 5.91 Å². The minimum Gasteiger partial charge on any atom is -0.489 e. The number of nitrogens with one attached hydrogen (secondary N) is 2. The van der Waals surface area contributed by atoms with Crippen LogP contribution in [-0.2, 0) is 6.61 Å². The van der Waals surface area contributed by atoms with Gasteiger partial charge in [0, 0.05) is 35.8 Å². The predicted octanol–water partition coefficient (Wildman–Crippen LogP) is 3.83. The van der Waals surface area contributed by atoms with Crippen molar-refractivity contribution in [3.8, 4) is 17.2 Å². The number of nitrogens with two attached hydrogens (primary N) is 3. The third kappa shape index (κ3) is 6.89. The van der Waals surface area contributed by atoms with Crippen molar-refractivity contribution in [2.45, 2.75) is 25.9 Å². The molecule has 4 rings (SSSR count). The summed E-state index contributed by atoms with van der Waals surface area (Å²) in [5.74, 6) is 1.93. The van der Waals surface area contributed by atoms with E-state index in [2.05, 4.69) is 0 Å². The van der Waals surface area contributed by atoms with Crippen LogP contribution < -0.4 is 26.7 Å². The van der Waals surface area contributed by atoms with Gasteiger partial charge < -0.3 is 31.6 Å². The number of carbonyl (C=O) groups excluding carboxylic acids is 1. The number of rotatable bonds is 10. The molecular formula is C29H34N6O3. The van der Waals surface area contributed by atoms with Crippen LogP contribution in [0.5, 0.6) is 17.2 Å². The van der Waals surface area contributed by atoms with Crippen LogP contribution in [0.3, 0.4) is 0 Å². The smallest absolute Gasteiger partial charge is 0.254 e. The number of likely N-dealkylation sites (tertiary alicyclic amines) is 1. The number of hydrogen-bond acceptors (Lipinski definition) is 6. The molecule has 0 bridgehead atoms. The molecule has 9 heteroatoms. The van der Waals surface area contributed by atoms with E-state index >= 15 is 0 Å². The predicted molar refractivity (Wildman–Crippen MR) is 148 cm³/mol. The van der Waals surface area contributed by atoms with Crippen molar-refractivity contribution in [1.82, 2.24) is 4.90 Å². The van der Waals surface area contributed by atoms with Crippen LogP contribution in [0.25, 0.3) is 0 Å². The third-order valence-electron chi connectivity index (χ3n) is 6.65. The van der Waals surface area contributed by atoms with Gasteiger partial charge >= 0.3 is 0 Å². The van der Waals surface area contributed by atoms with Crippen molar-refractivity contribution in [3.63, 3.8) is 0 Å². The first-order chi connectivity index (χ1) is 18.3. The third-order valence-corrected chi connectivity index (χ3v) is 6.65. The second-order valence-corrected chi connectivity index (χ2v) is 9.45. The fourth-order valence-corrected chi connectivity index (χ4v) is 4.51. The Morgan fingerprint density at radius 3 is 2.18 bits per heavy atom. The Labute approximate surface area is 222 Å². The summed E-state index contributed by atoms with van der Waals surface area (Å²) in [6, 6.07) is 19.3. The Morgan fingerprint density at radius 2 is 1.53 bits per heavy atom. The number of hydrogen-bond donors (Lipinski definition) is 5. The summed E-state index contributed by atoms with van der Waals surface area (Å²) < 4.78 is 12.1. The fourth-order valence-electron chi connectivity index (χ4n) is 4.51. The van der Waals surface area contributed by atoms with Gasteiger partial charge in [0.2, 0.25) is 0 Å².